The number of aromatic nitrogens is 2. The Hall–Kier alpha value is -1.89. The van der Waals surface area contributed by atoms with Gasteiger partial charge < -0.3 is 14.6 Å². The van der Waals surface area contributed by atoms with Crippen molar-refractivity contribution in [1.82, 2.24) is 14.9 Å². The summed E-state index contributed by atoms with van der Waals surface area (Å²) >= 11 is 0. The minimum Gasteiger partial charge on any atom is -0.444 e. The molecule has 1 N–H and O–H groups in total. The van der Waals surface area contributed by atoms with Gasteiger partial charge in [0.1, 0.15) is 5.60 Å². The largest absolute Gasteiger partial charge is 0.444 e. The second-order valence-corrected chi connectivity index (χ2v) is 8.67. The maximum atomic E-state index is 12.8. The Morgan fingerprint density at radius 3 is 2.58 bits per heavy atom. The highest BCUT2D eigenvalue weighted by Gasteiger charge is 2.30. The molecule has 0 radical (unpaired) electrons. The Balaban J connectivity index is 1.62. The van der Waals surface area contributed by atoms with Gasteiger partial charge >= 0.3 is 6.09 Å². The Labute approximate surface area is 144 Å². The van der Waals surface area contributed by atoms with Gasteiger partial charge in [-0.05, 0) is 45.7 Å². The van der Waals surface area contributed by atoms with Gasteiger partial charge in [0.15, 0.2) is 5.16 Å². The van der Waals surface area contributed by atoms with E-state index in [-0.39, 0.29) is 11.3 Å². The normalized spacial score (nSPS) is 17.9. The van der Waals surface area contributed by atoms with Crippen molar-refractivity contribution < 1.29 is 13.7 Å². The van der Waals surface area contributed by atoms with Gasteiger partial charge in [-0.25, -0.2) is 9.78 Å². The fourth-order valence-corrected chi connectivity index (χ4v) is 4.12. The van der Waals surface area contributed by atoms with E-state index < -0.39 is 16.4 Å². The summed E-state index contributed by atoms with van der Waals surface area (Å²) in [5.74, 6) is 0. The van der Waals surface area contributed by atoms with Crippen molar-refractivity contribution >= 4 is 27.9 Å². The highest BCUT2D eigenvalue weighted by molar-refractivity contribution is 7.85. The second-order valence-electron chi connectivity index (χ2n) is 7.02. The number of carbonyl (C=O) groups excluding carboxylic acids is 1. The summed E-state index contributed by atoms with van der Waals surface area (Å²) in [4.78, 5) is 21.3. The first kappa shape index (κ1) is 17.0. The average molecular weight is 349 g/mol. The molecule has 0 saturated carbocycles. The fourth-order valence-electron chi connectivity index (χ4n) is 2.76. The molecule has 3 rings (SSSR count). The Bertz CT molecular complexity index is 725. The van der Waals surface area contributed by atoms with Gasteiger partial charge in [0.25, 0.3) is 0 Å². The summed E-state index contributed by atoms with van der Waals surface area (Å²) < 4.78 is 18.1. The van der Waals surface area contributed by atoms with Crippen LogP contribution in [0, 0.1) is 0 Å². The molecule has 0 aliphatic carbocycles. The van der Waals surface area contributed by atoms with E-state index in [1.165, 1.54) is 0 Å². The van der Waals surface area contributed by atoms with Crippen molar-refractivity contribution in [2.45, 2.75) is 49.6 Å². The van der Waals surface area contributed by atoms with Crippen LogP contribution in [0.4, 0.5) is 4.79 Å². The number of hydrogen-bond acceptors (Lipinski definition) is 4. The summed E-state index contributed by atoms with van der Waals surface area (Å²) in [6.07, 6.45) is 1.07. The van der Waals surface area contributed by atoms with Gasteiger partial charge in [0, 0.05) is 18.3 Å². The third-order valence-electron chi connectivity index (χ3n) is 3.95. The maximum absolute atomic E-state index is 12.8. The number of nitrogens with one attached hydrogen (secondary N) is 1. The number of carbonyl (C=O) groups is 1. The molecule has 1 saturated heterocycles. The number of aromatic amines is 1. The summed E-state index contributed by atoms with van der Waals surface area (Å²) in [5, 5.41) is 0.524. The predicted molar refractivity (Wildman–Crippen MR) is 93.3 cm³/mol. The molecule has 1 fully saturated rings. The number of ether oxygens (including phenoxy) is 1. The molecule has 24 heavy (non-hydrogen) atoms. The molecular weight excluding hydrogens is 326 g/mol. The number of nitrogens with zero attached hydrogens (tertiary/aromatic N) is 2. The molecule has 1 aliphatic heterocycles. The number of imidazole rings is 1. The van der Waals surface area contributed by atoms with Gasteiger partial charge in [0.2, 0.25) is 0 Å². The lowest BCUT2D eigenvalue weighted by Crippen LogP contribution is -2.43. The number of H-pyrrole nitrogens is 1. The molecule has 1 aromatic heterocycles. The summed E-state index contributed by atoms with van der Waals surface area (Å²) in [7, 11) is -1.20. The smallest absolute Gasteiger partial charge is 0.410 e. The van der Waals surface area contributed by atoms with Crippen molar-refractivity contribution in [3.05, 3.63) is 24.3 Å². The van der Waals surface area contributed by atoms with Crippen molar-refractivity contribution in [2.24, 2.45) is 0 Å². The van der Waals surface area contributed by atoms with Crippen LogP contribution >= 0.6 is 0 Å². The lowest BCUT2D eigenvalue weighted by Gasteiger charge is -2.32. The summed E-state index contributed by atoms with van der Waals surface area (Å²) in [6, 6.07) is 7.66. The van der Waals surface area contributed by atoms with Crippen LogP contribution in [0.1, 0.15) is 33.6 Å². The van der Waals surface area contributed by atoms with Crippen molar-refractivity contribution in [3.8, 4) is 0 Å². The number of piperidine rings is 1. The van der Waals surface area contributed by atoms with Crippen LogP contribution in [0.3, 0.4) is 0 Å². The minimum atomic E-state index is -1.20. The number of likely N-dealkylation sites (tertiary alicyclic amines) is 1. The van der Waals surface area contributed by atoms with Crippen LogP contribution < -0.4 is 0 Å². The lowest BCUT2D eigenvalue weighted by atomic mass is 10.1. The van der Waals surface area contributed by atoms with E-state index in [0.29, 0.717) is 31.1 Å². The van der Waals surface area contributed by atoms with Crippen molar-refractivity contribution in [2.75, 3.05) is 13.1 Å². The van der Waals surface area contributed by atoms with Gasteiger partial charge in [0.05, 0.1) is 21.8 Å². The molecule has 2 aromatic rings. The summed E-state index contributed by atoms with van der Waals surface area (Å²) in [5.41, 5.74) is 1.23. The van der Waals surface area contributed by atoms with Crippen molar-refractivity contribution in [3.63, 3.8) is 0 Å². The van der Waals surface area contributed by atoms with Gasteiger partial charge in [-0.2, -0.15) is 0 Å². The number of para-hydroxylation sites is 2. The zero-order chi connectivity index (χ0) is 17.3. The Morgan fingerprint density at radius 2 is 1.96 bits per heavy atom. The number of benzene rings is 1. The third-order valence-corrected chi connectivity index (χ3v) is 5.61. The molecule has 6 nitrogen and oxygen atoms in total. The van der Waals surface area contributed by atoms with Crippen LogP contribution in [0.25, 0.3) is 11.0 Å². The highest BCUT2D eigenvalue weighted by atomic mass is 32.2. The van der Waals surface area contributed by atoms with Gasteiger partial charge in [-0.15, -0.1) is 0 Å². The predicted octanol–water partition coefficient (Wildman–Crippen LogP) is 3.07. The number of amides is 1. The SMILES string of the molecule is CC(C)(C)OC(=O)N1CCC([S@@](=O)c2nc3ccccc3[nH]2)CC1. The zero-order valence-corrected chi connectivity index (χ0v) is 15.1. The molecule has 0 spiro atoms. The zero-order valence-electron chi connectivity index (χ0n) is 14.2. The quantitative estimate of drug-likeness (QED) is 0.904. The Morgan fingerprint density at radius 1 is 1.29 bits per heavy atom. The second kappa shape index (κ2) is 6.55. The monoisotopic (exact) mass is 349 g/mol. The maximum Gasteiger partial charge on any atom is 0.410 e. The molecule has 2 heterocycles. The first-order valence-electron chi connectivity index (χ1n) is 8.17. The van der Waals surface area contributed by atoms with E-state index in [1.807, 2.05) is 45.0 Å². The van der Waals surface area contributed by atoms with E-state index in [9.17, 15) is 9.00 Å². The molecule has 0 unspecified atom stereocenters. The average Bonchev–Trinajstić information content (AvgIpc) is 2.96. The van der Waals surface area contributed by atoms with Gasteiger partial charge in [-0.3, -0.25) is 4.21 Å². The van der Waals surface area contributed by atoms with Crippen LogP contribution in [-0.4, -0.2) is 49.1 Å². The first-order valence-corrected chi connectivity index (χ1v) is 9.38. The van der Waals surface area contributed by atoms with Crippen LogP contribution in [0.5, 0.6) is 0 Å². The highest BCUT2D eigenvalue weighted by Crippen LogP contribution is 2.23. The molecule has 7 heteroatoms. The topological polar surface area (TPSA) is 75.3 Å². The summed E-state index contributed by atoms with van der Waals surface area (Å²) in [6.45, 7) is 6.69. The lowest BCUT2D eigenvalue weighted by molar-refractivity contribution is 0.0218. The Kier molecular flexibility index (Phi) is 4.62. The number of fused-ring (bicyclic) bond motifs is 1. The van der Waals surface area contributed by atoms with E-state index in [1.54, 1.807) is 4.90 Å². The van der Waals surface area contributed by atoms with Crippen LogP contribution in [-0.2, 0) is 15.5 Å². The van der Waals surface area contributed by atoms with Gasteiger partial charge in [-0.1, -0.05) is 12.1 Å². The fraction of sp³-hybridized carbons (Fsp3) is 0.529. The van der Waals surface area contributed by atoms with E-state index in [0.717, 1.165) is 11.0 Å². The third kappa shape index (κ3) is 3.77. The molecule has 1 amide bonds. The molecule has 0 bridgehead atoms. The van der Waals surface area contributed by atoms with Crippen LogP contribution in [0.2, 0.25) is 0 Å². The van der Waals surface area contributed by atoms with E-state index >= 15 is 0 Å². The van der Waals surface area contributed by atoms with Crippen molar-refractivity contribution in [1.29, 1.82) is 0 Å². The molecule has 1 atom stereocenters. The molecule has 130 valence electrons. The first-order chi connectivity index (χ1) is 11.3. The minimum absolute atomic E-state index is 0.00393. The number of hydrogen-bond donors (Lipinski definition) is 1. The number of rotatable bonds is 2. The van der Waals surface area contributed by atoms with E-state index in [4.69, 9.17) is 4.74 Å². The molecule has 1 aliphatic rings. The van der Waals surface area contributed by atoms with Crippen LogP contribution in [0.15, 0.2) is 29.4 Å². The van der Waals surface area contributed by atoms with E-state index in [2.05, 4.69) is 9.97 Å². The standard InChI is InChI=1S/C17H23N3O3S/c1-17(2,3)23-16(21)20-10-8-12(9-11-20)24(22)15-18-13-6-4-5-7-14(13)19-15/h4-7,12H,8-11H2,1-3H3,(H,18,19)/t24-/m1/s1. The molecule has 1 aromatic carbocycles. The molecular formula is C17H23N3O3S.